The number of benzene rings is 1. The summed E-state index contributed by atoms with van der Waals surface area (Å²) in [5, 5.41) is 8.39. The van der Waals surface area contributed by atoms with Crippen LogP contribution in [0.3, 0.4) is 0 Å². The second-order valence-electron chi connectivity index (χ2n) is 3.97. The van der Waals surface area contributed by atoms with Gasteiger partial charge in [-0.15, -0.1) is 11.8 Å². The average Bonchev–Trinajstić information content (AvgIpc) is 2.41. The fourth-order valence-electron chi connectivity index (χ4n) is 1.66. The van der Waals surface area contributed by atoms with Crippen molar-refractivity contribution in [2.75, 3.05) is 11.5 Å². The van der Waals surface area contributed by atoms with Crippen LogP contribution in [0.1, 0.15) is 22.3 Å². The number of hydrogen-bond acceptors (Lipinski definition) is 3. The number of nitrogens with two attached hydrogens (primary N) is 1. The molecule has 1 aromatic rings. The molecule has 1 radical (unpaired) electrons. The maximum absolute atomic E-state index is 14.2. The molecule has 1 aromatic carbocycles. The summed E-state index contributed by atoms with van der Waals surface area (Å²) in [6, 6.07) is 4.22. The molecule has 0 aromatic heterocycles. The van der Waals surface area contributed by atoms with Crippen molar-refractivity contribution >= 4 is 33.6 Å². The first-order valence-corrected chi connectivity index (χ1v) is 7.71. The van der Waals surface area contributed by atoms with E-state index >= 15 is 0 Å². The van der Waals surface area contributed by atoms with E-state index in [0.29, 0.717) is 0 Å². The highest BCUT2D eigenvalue weighted by Gasteiger charge is 2.28. The van der Waals surface area contributed by atoms with Gasteiger partial charge in [-0.2, -0.15) is 5.26 Å². The first-order valence-electron chi connectivity index (χ1n) is 5.76. The van der Waals surface area contributed by atoms with Crippen LogP contribution in [-0.2, 0) is 0 Å². The summed E-state index contributed by atoms with van der Waals surface area (Å²) in [4.78, 5) is 11.1. The minimum atomic E-state index is -2.86. The minimum Gasteiger partial charge on any atom is -0.366 e. The van der Waals surface area contributed by atoms with Gasteiger partial charge in [0.25, 0.3) is 5.91 Å². The third-order valence-corrected chi connectivity index (χ3v) is 3.88. The third-order valence-electron chi connectivity index (χ3n) is 2.59. The Morgan fingerprint density at radius 3 is 2.57 bits per heavy atom. The summed E-state index contributed by atoms with van der Waals surface area (Å²) in [6.07, 6.45) is -2.95. The van der Waals surface area contributed by atoms with Crippen LogP contribution in [0.4, 0.5) is 13.2 Å². The van der Waals surface area contributed by atoms with Crippen LogP contribution in [0.2, 0.25) is 0 Å². The molecule has 1 amide bonds. The number of carbonyl (C=O) groups excluding carboxylic acids is 1. The smallest absolute Gasteiger partial charge is 0.251 e. The number of rotatable bonds is 7. The molecule has 1 rings (SSSR count). The predicted molar refractivity (Wildman–Crippen MR) is 78.5 cm³/mol. The molecule has 0 atom stereocenters. The van der Waals surface area contributed by atoms with Crippen molar-refractivity contribution in [1.29, 1.82) is 5.26 Å². The standard InChI is InChI=1S/C13H11BrF3N2OS/c14-7-5-9(11(15)10(6-7)13(19)20)8(12(16)17)1-3-21-4-2-18/h5-6,12H,1,3-4H2,(H2,19,20). The van der Waals surface area contributed by atoms with Gasteiger partial charge >= 0.3 is 0 Å². The van der Waals surface area contributed by atoms with E-state index in [-0.39, 0.29) is 28.0 Å². The number of nitrogens with zero attached hydrogens (tertiary/aromatic N) is 1. The lowest BCUT2D eigenvalue weighted by molar-refractivity contribution is 0.0995. The molecular formula is C13H11BrF3N2OS. The molecule has 0 heterocycles. The predicted octanol–water partition coefficient (Wildman–Crippen LogP) is 3.52. The van der Waals surface area contributed by atoms with E-state index in [9.17, 15) is 18.0 Å². The maximum Gasteiger partial charge on any atom is 0.251 e. The Morgan fingerprint density at radius 1 is 1.43 bits per heavy atom. The summed E-state index contributed by atoms with van der Waals surface area (Å²) >= 11 is 4.22. The molecule has 3 nitrogen and oxygen atoms in total. The summed E-state index contributed by atoms with van der Waals surface area (Å²) in [5.74, 6) is -2.06. The molecular weight excluding hydrogens is 369 g/mol. The molecule has 0 spiro atoms. The van der Waals surface area contributed by atoms with Crippen LogP contribution < -0.4 is 5.73 Å². The highest BCUT2D eigenvalue weighted by Crippen LogP contribution is 2.32. The number of hydrogen-bond donors (Lipinski definition) is 1. The number of halogens is 4. The van der Waals surface area contributed by atoms with Crippen molar-refractivity contribution in [1.82, 2.24) is 0 Å². The van der Waals surface area contributed by atoms with Gasteiger partial charge in [-0.3, -0.25) is 4.79 Å². The zero-order valence-corrected chi connectivity index (χ0v) is 13.1. The van der Waals surface area contributed by atoms with E-state index in [1.165, 1.54) is 17.8 Å². The lowest BCUT2D eigenvalue weighted by Crippen LogP contribution is -2.19. The molecule has 0 aliphatic heterocycles. The SMILES string of the molecule is N#CCSCC[C](c1cc(Br)cc(C(N)=O)c1F)C(F)F. The normalized spacial score (nSPS) is 10.9. The van der Waals surface area contributed by atoms with E-state index in [1.807, 2.05) is 6.07 Å². The van der Waals surface area contributed by atoms with Crippen molar-refractivity contribution in [3.05, 3.63) is 39.5 Å². The highest BCUT2D eigenvalue weighted by atomic mass is 79.9. The fourth-order valence-corrected chi connectivity index (χ4v) is 2.72. The van der Waals surface area contributed by atoms with Gasteiger partial charge in [0.2, 0.25) is 6.43 Å². The summed E-state index contributed by atoms with van der Waals surface area (Å²) in [7, 11) is 0. The first-order chi connectivity index (χ1) is 9.88. The van der Waals surface area contributed by atoms with Crippen molar-refractivity contribution in [3.63, 3.8) is 0 Å². The average molecular weight is 380 g/mol. The van der Waals surface area contributed by atoms with Crippen molar-refractivity contribution in [3.8, 4) is 6.07 Å². The third kappa shape index (κ3) is 4.93. The van der Waals surface area contributed by atoms with Crippen molar-refractivity contribution in [2.45, 2.75) is 12.8 Å². The number of primary amides is 1. The highest BCUT2D eigenvalue weighted by molar-refractivity contribution is 9.10. The Balaban J connectivity index is 3.08. The molecule has 8 heteroatoms. The Morgan fingerprint density at radius 2 is 2.05 bits per heavy atom. The van der Waals surface area contributed by atoms with Crippen LogP contribution in [0.5, 0.6) is 0 Å². The van der Waals surface area contributed by atoms with Gasteiger partial charge < -0.3 is 5.73 Å². The van der Waals surface area contributed by atoms with Crippen molar-refractivity contribution in [2.24, 2.45) is 5.73 Å². The molecule has 0 aliphatic carbocycles. The van der Waals surface area contributed by atoms with Gasteiger partial charge in [0.05, 0.1) is 23.3 Å². The Hall–Kier alpha value is -1.20. The first kappa shape index (κ1) is 17.9. The maximum atomic E-state index is 14.2. The van der Waals surface area contributed by atoms with Crippen LogP contribution >= 0.6 is 27.7 Å². The van der Waals surface area contributed by atoms with E-state index in [4.69, 9.17) is 11.0 Å². The molecule has 0 saturated carbocycles. The van der Waals surface area contributed by atoms with Gasteiger partial charge in [-0.05, 0) is 24.3 Å². The lowest BCUT2D eigenvalue weighted by atomic mass is 9.94. The summed E-state index contributed by atoms with van der Waals surface area (Å²) < 4.78 is 40.7. The molecule has 113 valence electrons. The van der Waals surface area contributed by atoms with Crippen LogP contribution in [-0.4, -0.2) is 23.8 Å². The van der Waals surface area contributed by atoms with E-state index < -0.39 is 29.6 Å². The topological polar surface area (TPSA) is 66.9 Å². The van der Waals surface area contributed by atoms with Crippen LogP contribution in [0.15, 0.2) is 16.6 Å². The van der Waals surface area contributed by atoms with E-state index in [2.05, 4.69) is 15.9 Å². The van der Waals surface area contributed by atoms with E-state index in [0.717, 1.165) is 6.07 Å². The van der Waals surface area contributed by atoms with Crippen molar-refractivity contribution < 1.29 is 18.0 Å². The Labute approximate surface area is 132 Å². The number of carbonyl (C=O) groups is 1. The zero-order valence-electron chi connectivity index (χ0n) is 10.7. The molecule has 21 heavy (non-hydrogen) atoms. The van der Waals surface area contributed by atoms with E-state index in [1.54, 1.807) is 0 Å². The van der Waals surface area contributed by atoms with Gasteiger partial charge in [0, 0.05) is 10.0 Å². The van der Waals surface area contributed by atoms with Crippen LogP contribution in [0, 0.1) is 23.1 Å². The Bertz CT molecular complexity index is 563. The number of nitriles is 1. The molecule has 2 N–H and O–H groups in total. The molecule has 0 bridgehead atoms. The molecule has 0 unspecified atom stereocenters. The fraction of sp³-hybridized carbons (Fsp3) is 0.308. The Kier molecular flexibility index (Phi) is 7.05. The largest absolute Gasteiger partial charge is 0.366 e. The quantitative estimate of drug-likeness (QED) is 0.736. The second kappa shape index (κ2) is 8.29. The summed E-state index contributed by atoms with van der Waals surface area (Å²) in [5.41, 5.74) is 4.26. The monoisotopic (exact) mass is 379 g/mol. The zero-order chi connectivity index (χ0) is 16.0. The molecule has 0 saturated heterocycles. The molecule has 0 fully saturated rings. The lowest BCUT2D eigenvalue weighted by Gasteiger charge is -2.17. The van der Waals surface area contributed by atoms with Gasteiger partial charge in [0.1, 0.15) is 5.82 Å². The van der Waals surface area contributed by atoms with Gasteiger partial charge in [0.15, 0.2) is 0 Å². The second-order valence-corrected chi connectivity index (χ2v) is 5.99. The minimum absolute atomic E-state index is 0.0877. The molecule has 0 aliphatic rings. The van der Waals surface area contributed by atoms with Gasteiger partial charge in [-0.1, -0.05) is 15.9 Å². The van der Waals surface area contributed by atoms with Gasteiger partial charge in [-0.25, -0.2) is 13.2 Å². The van der Waals surface area contributed by atoms with Crippen LogP contribution in [0.25, 0.3) is 0 Å². The number of thioether (sulfide) groups is 1. The summed E-state index contributed by atoms with van der Waals surface area (Å²) in [6.45, 7) is 0. The number of alkyl halides is 2. The number of amides is 1.